The zero-order valence-corrected chi connectivity index (χ0v) is 14.1. The van der Waals surface area contributed by atoms with Gasteiger partial charge in [0.25, 0.3) is 0 Å². The molecule has 1 fully saturated rings. The van der Waals surface area contributed by atoms with Crippen molar-refractivity contribution in [3.63, 3.8) is 0 Å². The van der Waals surface area contributed by atoms with Crippen molar-refractivity contribution in [3.8, 4) is 0 Å². The summed E-state index contributed by atoms with van der Waals surface area (Å²) in [5.74, 6) is -1.07. The minimum absolute atomic E-state index is 0.183. The van der Waals surface area contributed by atoms with Crippen molar-refractivity contribution in [3.05, 3.63) is 59.3 Å². The number of hydrogen-bond acceptors (Lipinski definition) is 3. The maximum Gasteiger partial charge on any atom is 0.315 e. The van der Waals surface area contributed by atoms with Crippen molar-refractivity contribution in [2.75, 3.05) is 19.0 Å². The molecule has 3 rings (SSSR count). The van der Waals surface area contributed by atoms with Gasteiger partial charge in [-0.25, -0.2) is 18.6 Å². The summed E-state index contributed by atoms with van der Waals surface area (Å²) in [6.07, 6.45) is 0.599. The van der Waals surface area contributed by atoms with Crippen molar-refractivity contribution >= 4 is 11.8 Å². The van der Waals surface area contributed by atoms with Crippen molar-refractivity contribution in [2.45, 2.75) is 24.9 Å². The lowest BCUT2D eigenvalue weighted by molar-refractivity contribution is 0.239. The Balaban J connectivity index is 1.51. The summed E-state index contributed by atoms with van der Waals surface area (Å²) in [6, 6.07) is 9.18. The molecule has 25 heavy (non-hydrogen) atoms. The van der Waals surface area contributed by atoms with E-state index in [1.54, 1.807) is 6.07 Å². The van der Waals surface area contributed by atoms with E-state index in [0.29, 0.717) is 18.5 Å². The van der Waals surface area contributed by atoms with E-state index in [-0.39, 0.29) is 18.0 Å². The number of aromatic nitrogens is 1. The highest BCUT2D eigenvalue weighted by molar-refractivity contribution is 5.74. The van der Waals surface area contributed by atoms with Crippen molar-refractivity contribution in [2.24, 2.45) is 0 Å². The number of amides is 2. The Morgan fingerprint density at radius 1 is 1.24 bits per heavy atom. The molecule has 1 saturated carbocycles. The van der Waals surface area contributed by atoms with E-state index >= 15 is 0 Å². The third kappa shape index (κ3) is 4.04. The predicted octanol–water partition coefficient (Wildman–Crippen LogP) is 2.78. The summed E-state index contributed by atoms with van der Waals surface area (Å²) in [6.45, 7) is 0.291. The number of halogens is 2. The Kier molecular flexibility index (Phi) is 4.83. The third-order valence-electron chi connectivity index (χ3n) is 4.17. The molecule has 2 N–H and O–H groups in total. The third-order valence-corrected chi connectivity index (χ3v) is 4.17. The van der Waals surface area contributed by atoms with Crippen LogP contribution < -0.4 is 15.5 Å². The minimum atomic E-state index is -0.862. The maximum absolute atomic E-state index is 13.8. The number of benzene rings is 1. The highest BCUT2D eigenvalue weighted by Crippen LogP contribution is 2.42. The van der Waals surface area contributed by atoms with Gasteiger partial charge in [-0.1, -0.05) is 18.2 Å². The molecule has 1 heterocycles. The fraction of sp³-hybridized carbons (Fsp3) is 0.333. The fourth-order valence-electron chi connectivity index (χ4n) is 2.71. The van der Waals surface area contributed by atoms with E-state index in [9.17, 15) is 13.6 Å². The van der Waals surface area contributed by atoms with Crippen LogP contribution in [0.2, 0.25) is 0 Å². The van der Waals surface area contributed by atoms with Gasteiger partial charge in [0.2, 0.25) is 0 Å². The molecule has 7 heteroatoms. The smallest absolute Gasteiger partial charge is 0.315 e. The van der Waals surface area contributed by atoms with Gasteiger partial charge in [0.15, 0.2) is 11.6 Å². The van der Waals surface area contributed by atoms with Crippen molar-refractivity contribution in [1.82, 2.24) is 15.6 Å². The van der Waals surface area contributed by atoms with Gasteiger partial charge >= 0.3 is 6.03 Å². The van der Waals surface area contributed by atoms with Gasteiger partial charge in [0.1, 0.15) is 5.82 Å². The highest BCUT2D eigenvalue weighted by atomic mass is 19.2. The number of anilines is 1. The van der Waals surface area contributed by atoms with Gasteiger partial charge < -0.3 is 15.5 Å². The number of hydrogen-bond donors (Lipinski definition) is 2. The first-order chi connectivity index (χ1) is 12.0. The molecule has 132 valence electrons. The van der Waals surface area contributed by atoms with Crippen LogP contribution in [0.1, 0.15) is 23.6 Å². The predicted molar refractivity (Wildman–Crippen MR) is 91.4 cm³/mol. The number of nitrogens with one attached hydrogen (secondary N) is 2. The van der Waals surface area contributed by atoms with Gasteiger partial charge in [-0.15, -0.1) is 0 Å². The molecule has 1 aliphatic rings. The second kappa shape index (κ2) is 7.04. The highest BCUT2D eigenvalue weighted by Gasteiger charge is 2.41. The molecule has 1 aliphatic carbocycles. The molecule has 5 nitrogen and oxygen atoms in total. The van der Waals surface area contributed by atoms with E-state index in [2.05, 4.69) is 15.6 Å². The topological polar surface area (TPSA) is 57.3 Å². The molecule has 2 aromatic rings. The van der Waals surface area contributed by atoms with E-state index in [4.69, 9.17) is 0 Å². The molecule has 0 unspecified atom stereocenters. The first-order valence-corrected chi connectivity index (χ1v) is 8.07. The van der Waals surface area contributed by atoms with E-state index in [0.717, 1.165) is 17.6 Å². The van der Waals surface area contributed by atoms with E-state index < -0.39 is 11.6 Å². The average Bonchev–Trinajstić information content (AvgIpc) is 3.34. The summed E-state index contributed by atoms with van der Waals surface area (Å²) >= 11 is 0. The van der Waals surface area contributed by atoms with Crippen LogP contribution in [-0.2, 0) is 6.54 Å². The minimum Gasteiger partial charge on any atom is -0.363 e. The van der Waals surface area contributed by atoms with Crippen molar-refractivity contribution in [1.29, 1.82) is 0 Å². The first kappa shape index (κ1) is 17.1. The zero-order chi connectivity index (χ0) is 18.0. The van der Waals surface area contributed by atoms with Gasteiger partial charge in [-0.05, 0) is 30.2 Å². The number of carbonyl (C=O) groups is 1. The van der Waals surface area contributed by atoms with Crippen LogP contribution in [0.4, 0.5) is 19.4 Å². The summed E-state index contributed by atoms with van der Waals surface area (Å²) in [5.41, 5.74) is 1.05. The molecule has 1 aromatic carbocycles. The van der Waals surface area contributed by atoms with E-state index in [1.807, 2.05) is 37.2 Å². The monoisotopic (exact) mass is 346 g/mol. The molecule has 2 amide bonds. The van der Waals surface area contributed by atoms with Crippen LogP contribution in [0.25, 0.3) is 0 Å². The molecular weight excluding hydrogens is 326 g/mol. The molecule has 2 atom stereocenters. The number of nitrogens with zero attached hydrogens (tertiary/aromatic N) is 2. The summed E-state index contributed by atoms with van der Waals surface area (Å²) in [4.78, 5) is 18.3. The SMILES string of the molecule is CN(C)c1cccc(CNC(=O)N[C@H]2C[C@@H]2c2cccc(F)c2F)n1. The van der Waals surface area contributed by atoms with E-state index in [1.165, 1.54) is 6.07 Å². The number of pyridine rings is 1. The maximum atomic E-state index is 13.8. The molecule has 0 saturated heterocycles. The van der Waals surface area contributed by atoms with Crippen LogP contribution in [0, 0.1) is 11.6 Å². The number of rotatable bonds is 5. The quantitative estimate of drug-likeness (QED) is 0.875. The lowest BCUT2D eigenvalue weighted by Gasteiger charge is -2.13. The van der Waals surface area contributed by atoms with Gasteiger partial charge in [-0.3, -0.25) is 0 Å². The largest absolute Gasteiger partial charge is 0.363 e. The molecule has 1 aromatic heterocycles. The van der Waals surface area contributed by atoms with Crippen LogP contribution in [-0.4, -0.2) is 31.2 Å². The fourth-order valence-corrected chi connectivity index (χ4v) is 2.71. The standard InChI is InChI=1S/C18H20F2N4O/c1-24(2)16-8-3-5-11(22-16)10-21-18(25)23-15-9-13(15)12-6-4-7-14(19)17(12)20/h3-8,13,15H,9-10H2,1-2H3,(H2,21,23,25)/t13-,15+/m1/s1. The first-order valence-electron chi connectivity index (χ1n) is 8.07. The number of carbonyl (C=O) groups excluding carboxylic acids is 1. The van der Waals surface area contributed by atoms with Crippen LogP contribution in [0.3, 0.4) is 0 Å². The molecule has 0 radical (unpaired) electrons. The Morgan fingerprint density at radius 2 is 2.00 bits per heavy atom. The van der Waals surface area contributed by atoms with Crippen LogP contribution in [0.5, 0.6) is 0 Å². The lowest BCUT2D eigenvalue weighted by Crippen LogP contribution is -2.37. The van der Waals surface area contributed by atoms with Crippen LogP contribution >= 0.6 is 0 Å². The normalized spacial score (nSPS) is 18.6. The molecule has 0 aliphatic heterocycles. The molecular formula is C18H20F2N4O. The summed E-state index contributed by atoms with van der Waals surface area (Å²) in [5, 5.41) is 5.51. The summed E-state index contributed by atoms with van der Waals surface area (Å²) < 4.78 is 27.0. The van der Waals surface area contributed by atoms with Crippen molar-refractivity contribution < 1.29 is 13.6 Å². The van der Waals surface area contributed by atoms with Gasteiger partial charge in [0, 0.05) is 26.1 Å². The lowest BCUT2D eigenvalue weighted by atomic mass is 10.1. The Labute approximate surface area is 145 Å². The average molecular weight is 346 g/mol. The second-order valence-electron chi connectivity index (χ2n) is 6.30. The Hall–Kier alpha value is -2.70. The van der Waals surface area contributed by atoms with Gasteiger partial charge in [0.05, 0.1) is 12.2 Å². The van der Waals surface area contributed by atoms with Crippen LogP contribution in [0.15, 0.2) is 36.4 Å². The van der Waals surface area contributed by atoms with Gasteiger partial charge in [-0.2, -0.15) is 0 Å². The zero-order valence-electron chi connectivity index (χ0n) is 14.1. The molecule has 0 bridgehead atoms. The Bertz CT molecular complexity index is 781. The summed E-state index contributed by atoms with van der Waals surface area (Å²) in [7, 11) is 3.79. The Morgan fingerprint density at radius 3 is 2.76 bits per heavy atom. The molecule has 0 spiro atoms. The second-order valence-corrected chi connectivity index (χ2v) is 6.30. The number of urea groups is 1.